The van der Waals surface area contributed by atoms with E-state index >= 15 is 0 Å². The van der Waals surface area contributed by atoms with Gasteiger partial charge in [0.2, 0.25) is 0 Å². The van der Waals surface area contributed by atoms with Gasteiger partial charge in [-0.3, -0.25) is 10.00 Å². The molecule has 1 aliphatic rings. The van der Waals surface area contributed by atoms with Crippen LogP contribution in [0.3, 0.4) is 0 Å². The highest BCUT2D eigenvalue weighted by atomic mass is 32.1. The fourth-order valence-corrected chi connectivity index (χ4v) is 3.96. The number of likely N-dealkylation sites (tertiary alicyclic amines) is 1. The van der Waals surface area contributed by atoms with E-state index in [0.29, 0.717) is 6.04 Å². The molecule has 1 aliphatic heterocycles. The highest BCUT2D eigenvalue weighted by Gasteiger charge is 2.27. The van der Waals surface area contributed by atoms with Crippen molar-refractivity contribution in [2.45, 2.75) is 39.3 Å². The van der Waals surface area contributed by atoms with Gasteiger partial charge < -0.3 is 5.32 Å². The number of nitrogens with one attached hydrogen (secondary N) is 2. The summed E-state index contributed by atoms with van der Waals surface area (Å²) in [4.78, 5) is 11.9. The van der Waals surface area contributed by atoms with E-state index in [-0.39, 0.29) is 0 Å². The Kier molecular flexibility index (Phi) is 4.50. The number of aryl methyl sites for hydroxylation is 2. The summed E-state index contributed by atoms with van der Waals surface area (Å²) in [5.41, 5.74) is 3.30. The third-order valence-corrected chi connectivity index (χ3v) is 5.29. The van der Waals surface area contributed by atoms with Crippen molar-refractivity contribution in [3.8, 4) is 0 Å². The lowest BCUT2D eigenvalue weighted by atomic mass is 10.1. The Bertz CT molecular complexity index is 855. The predicted octanol–water partition coefficient (Wildman–Crippen LogP) is 3.96. The van der Waals surface area contributed by atoms with Crippen molar-refractivity contribution in [1.29, 1.82) is 0 Å². The Hall–Kier alpha value is -2.25. The predicted molar refractivity (Wildman–Crippen MR) is 100 cm³/mol. The van der Waals surface area contributed by atoms with E-state index in [2.05, 4.69) is 49.8 Å². The van der Waals surface area contributed by atoms with Gasteiger partial charge in [0, 0.05) is 23.7 Å². The largest absolute Gasteiger partial charge is 0.323 e. The molecule has 0 spiro atoms. The number of hydrogen-bond donors (Lipinski definition) is 2. The smallest absolute Gasteiger partial charge is 0.153 e. The molecule has 6 nitrogen and oxygen atoms in total. The van der Waals surface area contributed by atoms with Gasteiger partial charge in [-0.15, -0.1) is 11.3 Å². The molecule has 2 N–H and O–H groups in total. The lowest BCUT2D eigenvalue weighted by Crippen LogP contribution is -2.23. The first kappa shape index (κ1) is 16.2. The number of anilines is 2. The van der Waals surface area contributed by atoms with E-state index in [1.165, 1.54) is 6.42 Å². The molecule has 0 aliphatic carbocycles. The monoisotopic (exact) mass is 354 g/mol. The van der Waals surface area contributed by atoms with Gasteiger partial charge in [-0.1, -0.05) is 6.07 Å². The van der Waals surface area contributed by atoms with Crippen LogP contribution in [0.1, 0.15) is 41.0 Å². The Morgan fingerprint density at radius 1 is 1.28 bits per heavy atom. The van der Waals surface area contributed by atoms with Gasteiger partial charge in [-0.05, 0) is 45.4 Å². The number of nitrogens with zero attached hydrogens (tertiary/aromatic N) is 4. The SMILES string of the molecule is Cc1cc(Nc2cccc(C3CCCN3Cc3csc(C)n3)n2)n[nH]1. The summed E-state index contributed by atoms with van der Waals surface area (Å²) in [5, 5.41) is 13.7. The Labute approximate surface area is 151 Å². The molecule has 4 rings (SSSR count). The molecule has 1 fully saturated rings. The molecule has 1 unspecified atom stereocenters. The van der Waals surface area contributed by atoms with Crippen molar-refractivity contribution in [1.82, 2.24) is 25.1 Å². The van der Waals surface area contributed by atoms with Crippen LogP contribution in [0, 0.1) is 13.8 Å². The first-order valence-electron chi connectivity index (χ1n) is 8.58. The minimum Gasteiger partial charge on any atom is -0.323 e. The number of hydrogen-bond acceptors (Lipinski definition) is 6. The molecule has 1 saturated heterocycles. The summed E-state index contributed by atoms with van der Waals surface area (Å²) in [5.74, 6) is 1.63. The average molecular weight is 354 g/mol. The maximum Gasteiger partial charge on any atom is 0.153 e. The van der Waals surface area contributed by atoms with Crippen molar-refractivity contribution in [3.63, 3.8) is 0 Å². The molecular weight excluding hydrogens is 332 g/mol. The zero-order valence-corrected chi connectivity index (χ0v) is 15.3. The lowest BCUT2D eigenvalue weighted by molar-refractivity contribution is 0.242. The molecule has 3 aromatic rings. The van der Waals surface area contributed by atoms with Crippen LogP contribution in [0.15, 0.2) is 29.6 Å². The number of aromatic amines is 1. The minimum absolute atomic E-state index is 0.352. The molecular formula is C18H22N6S. The summed E-state index contributed by atoms with van der Waals surface area (Å²) < 4.78 is 0. The summed E-state index contributed by atoms with van der Waals surface area (Å²) >= 11 is 1.72. The second-order valence-electron chi connectivity index (χ2n) is 6.50. The maximum atomic E-state index is 4.83. The summed E-state index contributed by atoms with van der Waals surface area (Å²) in [6.07, 6.45) is 2.34. The van der Waals surface area contributed by atoms with Crippen LogP contribution < -0.4 is 5.32 Å². The van der Waals surface area contributed by atoms with Gasteiger partial charge >= 0.3 is 0 Å². The molecule has 0 amide bonds. The van der Waals surface area contributed by atoms with Gasteiger partial charge in [-0.2, -0.15) is 5.10 Å². The van der Waals surface area contributed by atoms with Gasteiger partial charge in [0.05, 0.1) is 22.4 Å². The first-order chi connectivity index (χ1) is 12.2. The molecule has 4 heterocycles. The summed E-state index contributed by atoms with van der Waals surface area (Å²) in [6.45, 7) is 6.04. The third kappa shape index (κ3) is 3.72. The van der Waals surface area contributed by atoms with Crippen molar-refractivity contribution in [3.05, 3.63) is 51.7 Å². The number of H-pyrrole nitrogens is 1. The van der Waals surface area contributed by atoms with Crippen LogP contribution in [-0.4, -0.2) is 31.6 Å². The minimum atomic E-state index is 0.352. The molecule has 0 saturated carbocycles. The van der Waals surface area contributed by atoms with E-state index in [1.807, 2.05) is 19.1 Å². The fraction of sp³-hybridized carbons (Fsp3) is 0.389. The number of rotatable bonds is 5. The zero-order chi connectivity index (χ0) is 17.2. The van der Waals surface area contributed by atoms with E-state index < -0.39 is 0 Å². The Morgan fingerprint density at radius 2 is 2.20 bits per heavy atom. The molecule has 130 valence electrons. The highest BCUT2D eigenvalue weighted by molar-refractivity contribution is 7.09. The maximum absolute atomic E-state index is 4.83. The van der Waals surface area contributed by atoms with E-state index in [1.54, 1.807) is 11.3 Å². The van der Waals surface area contributed by atoms with Gasteiger partial charge in [0.15, 0.2) is 5.82 Å². The topological polar surface area (TPSA) is 69.7 Å². The molecule has 0 radical (unpaired) electrons. The Morgan fingerprint density at radius 3 is 2.96 bits per heavy atom. The fourth-order valence-electron chi connectivity index (χ4n) is 3.36. The number of aromatic nitrogens is 4. The van der Waals surface area contributed by atoms with Crippen LogP contribution in [0.2, 0.25) is 0 Å². The van der Waals surface area contributed by atoms with Crippen molar-refractivity contribution < 1.29 is 0 Å². The number of thiazole rings is 1. The molecule has 1 atom stereocenters. The average Bonchev–Trinajstić information content (AvgIpc) is 3.31. The Balaban J connectivity index is 1.50. The highest BCUT2D eigenvalue weighted by Crippen LogP contribution is 2.33. The van der Waals surface area contributed by atoms with Crippen molar-refractivity contribution in [2.75, 3.05) is 11.9 Å². The van der Waals surface area contributed by atoms with Gasteiger partial charge in [-0.25, -0.2) is 9.97 Å². The second kappa shape index (κ2) is 6.93. The van der Waals surface area contributed by atoms with Crippen LogP contribution in [-0.2, 0) is 6.54 Å². The number of pyridine rings is 1. The van der Waals surface area contributed by atoms with Crippen LogP contribution in [0.4, 0.5) is 11.6 Å². The molecule has 0 bridgehead atoms. The summed E-state index contributed by atoms with van der Waals surface area (Å²) in [7, 11) is 0. The summed E-state index contributed by atoms with van der Waals surface area (Å²) in [6, 6.07) is 8.49. The third-order valence-electron chi connectivity index (χ3n) is 4.47. The van der Waals surface area contributed by atoms with Crippen LogP contribution >= 0.6 is 11.3 Å². The molecule has 25 heavy (non-hydrogen) atoms. The molecule has 7 heteroatoms. The molecule has 0 aromatic carbocycles. The standard InChI is InChI=1S/C18H22N6S/c1-12-9-18(23-22-12)21-17-7-3-5-15(20-17)16-6-4-8-24(16)10-14-11-25-13(2)19-14/h3,5,7,9,11,16H,4,6,8,10H2,1-2H3,(H2,20,21,22,23). The second-order valence-corrected chi connectivity index (χ2v) is 7.56. The van der Waals surface area contributed by atoms with Gasteiger partial charge in [0.25, 0.3) is 0 Å². The van der Waals surface area contributed by atoms with Gasteiger partial charge in [0.1, 0.15) is 5.82 Å². The van der Waals surface area contributed by atoms with Crippen molar-refractivity contribution >= 4 is 23.0 Å². The lowest BCUT2D eigenvalue weighted by Gasteiger charge is -2.23. The van der Waals surface area contributed by atoms with E-state index in [4.69, 9.17) is 4.98 Å². The van der Waals surface area contributed by atoms with Crippen molar-refractivity contribution in [2.24, 2.45) is 0 Å². The normalized spacial score (nSPS) is 17.9. The molecule has 3 aromatic heterocycles. The zero-order valence-electron chi connectivity index (χ0n) is 14.5. The van der Waals surface area contributed by atoms with E-state index in [0.717, 1.165) is 53.2 Å². The van der Waals surface area contributed by atoms with Crippen LogP contribution in [0.25, 0.3) is 0 Å². The van der Waals surface area contributed by atoms with E-state index in [9.17, 15) is 0 Å². The first-order valence-corrected chi connectivity index (χ1v) is 9.46. The van der Waals surface area contributed by atoms with Crippen LogP contribution in [0.5, 0.6) is 0 Å². The quantitative estimate of drug-likeness (QED) is 0.726.